The van der Waals surface area contributed by atoms with Crippen LogP contribution in [0.4, 0.5) is 10.1 Å². The van der Waals surface area contributed by atoms with Crippen molar-refractivity contribution in [1.29, 1.82) is 0 Å². The fourth-order valence-corrected chi connectivity index (χ4v) is 6.29. The number of piperazine rings is 1. The molecule has 184 valence electrons. The zero-order chi connectivity index (χ0) is 24.7. The van der Waals surface area contributed by atoms with Gasteiger partial charge >= 0.3 is 0 Å². The quantitative estimate of drug-likeness (QED) is 0.605. The Morgan fingerprint density at radius 2 is 1.63 bits per heavy atom. The predicted molar refractivity (Wildman–Crippen MR) is 130 cm³/mol. The number of Topliss-reactive ketones (excluding diaryl/α,β-unsaturated/α-hetero) is 1. The number of fused-ring (bicyclic) bond motifs is 1. The van der Waals surface area contributed by atoms with Gasteiger partial charge in [-0.3, -0.25) is 9.59 Å². The molecule has 1 amide bonds. The molecule has 3 aliphatic rings. The second-order valence-electron chi connectivity index (χ2n) is 9.18. The highest BCUT2D eigenvalue weighted by Gasteiger charge is 2.36. The van der Waals surface area contributed by atoms with Gasteiger partial charge in [0.1, 0.15) is 10.7 Å². The number of benzene rings is 2. The average Bonchev–Trinajstić information content (AvgIpc) is 3.14. The van der Waals surface area contributed by atoms with Crippen molar-refractivity contribution in [2.45, 2.75) is 24.7 Å². The lowest BCUT2D eigenvalue weighted by atomic mass is 9.94. The Balaban J connectivity index is 1.17. The Bertz CT molecular complexity index is 1310. The summed E-state index contributed by atoms with van der Waals surface area (Å²) in [6, 6.07) is 11.4. The van der Waals surface area contributed by atoms with Crippen LogP contribution in [0.2, 0.25) is 0 Å². The smallest absolute Gasteiger partial charge is 0.285 e. The first-order valence-electron chi connectivity index (χ1n) is 11.8. The average molecular weight is 499 g/mol. The highest BCUT2D eigenvalue weighted by molar-refractivity contribution is 7.90. The lowest BCUT2D eigenvalue weighted by Crippen LogP contribution is -2.52. The first-order valence-corrected chi connectivity index (χ1v) is 13.2. The number of carbonyl (C=O) groups is 2. The topological polar surface area (TPSA) is 90.4 Å². The van der Waals surface area contributed by atoms with Gasteiger partial charge in [-0.05, 0) is 50.1 Å². The first kappa shape index (κ1) is 23.5. The standard InChI is InChI=1S/C25H27FN4O4S/c1-17(31)19-6-7-22(21(26)16-19)28-12-14-30(15-13-28)25(32)18-8-10-29(11-9-18)24-20-4-2-3-5-23(20)35(33,34)27-24/h2-7,16,18H,8-15H2,1H3. The molecule has 0 radical (unpaired) electrons. The SMILES string of the molecule is CC(=O)c1ccc(N2CCN(C(=O)C3CCN(C4=NS(=O)(=O)c5ccccc54)CC3)CC2)c(F)c1. The third-order valence-corrected chi connectivity index (χ3v) is 8.37. The van der Waals surface area contributed by atoms with Crippen molar-refractivity contribution in [3.05, 3.63) is 59.4 Å². The number of rotatable bonds is 3. The van der Waals surface area contributed by atoms with Crippen LogP contribution in [-0.2, 0) is 14.8 Å². The van der Waals surface area contributed by atoms with Crippen molar-refractivity contribution in [3.63, 3.8) is 0 Å². The molecule has 0 N–H and O–H groups in total. The zero-order valence-corrected chi connectivity index (χ0v) is 20.3. The van der Waals surface area contributed by atoms with E-state index in [-0.39, 0.29) is 22.5 Å². The van der Waals surface area contributed by atoms with Crippen LogP contribution in [0.5, 0.6) is 0 Å². The second-order valence-corrected chi connectivity index (χ2v) is 10.8. The van der Waals surface area contributed by atoms with Gasteiger partial charge in [-0.15, -0.1) is 4.40 Å². The summed E-state index contributed by atoms with van der Waals surface area (Å²) in [6.07, 6.45) is 1.25. The van der Waals surface area contributed by atoms with Gasteiger partial charge in [0.2, 0.25) is 5.91 Å². The molecule has 2 aromatic carbocycles. The number of carbonyl (C=O) groups excluding carboxylic acids is 2. The van der Waals surface area contributed by atoms with E-state index < -0.39 is 15.8 Å². The van der Waals surface area contributed by atoms with Crippen molar-refractivity contribution in [3.8, 4) is 0 Å². The van der Waals surface area contributed by atoms with Gasteiger partial charge in [0, 0.05) is 56.3 Å². The second kappa shape index (κ2) is 9.07. The van der Waals surface area contributed by atoms with E-state index in [9.17, 15) is 22.4 Å². The molecule has 2 aromatic rings. The number of amides is 1. The van der Waals surface area contributed by atoms with Crippen LogP contribution in [-0.4, -0.2) is 75.0 Å². The number of sulfonamides is 1. The van der Waals surface area contributed by atoms with Gasteiger partial charge in [0.05, 0.1) is 5.69 Å². The van der Waals surface area contributed by atoms with Crippen LogP contribution in [0, 0.1) is 11.7 Å². The summed E-state index contributed by atoms with van der Waals surface area (Å²) < 4.78 is 43.2. The van der Waals surface area contributed by atoms with Crippen LogP contribution in [0.15, 0.2) is 51.8 Å². The number of hydrogen-bond acceptors (Lipinski definition) is 6. The zero-order valence-electron chi connectivity index (χ0n) is 19.5. The molecule has 2 fully saturated rings. The summed E-state index contributed by atoms with van der Waals surface area (Å²) in [5.41, 5.74) is 1.41. The summed E-state index contributed by atoms with van der Waals surface area (Å²) in [6.45, 7) is 4.58. The number of anilines is 1. The van der Waals surface area contributed by atoms with E-state index >= 15 is 0 Å². The minimum Gasteiger partial charge on any atom is -0.366 e. The maximum Gasteiger partial charge on any atom is 0.285 e. The van der Waals surface area contributed by atoms with Gasteiger partial charge in [-0.1, -0.05) is 12.1 Å². The van der Waals surface area contributed by atoms with Crippen LogP contribution < -0.4 is 4.90 Å². The lowest BCUT2D eigenvalue weighted by Gasteiger charge is -2.39. The van der Waals surface area contributed by atoms with Gasteiger partial charge in [0.25, 0.3) is 10.0 Å². The van der Waals surface area contributed by atoms with E-state index in [2.05, 4.69) is 4.40 Å². The van der Waals surface area contributed by atoms with Crippen molar-refractivity contribution in [1.82, 2.24) is 9.80 Å². The number of piperidine rings is 1. The molecule has 2 saturated heterocycles. The summed E-state index contributed by atoms with van der Waals surface area (Å²) in [4.78, 5) is 30.6. The number of amidine groups is 1. The maximum absolute atomic E-state index is 14.5. The summed E-state index contributed by atoms with van der Waals surface area (Å²) >= 11 is 0. The minimum absolute atomic E-state index is 0.0954. The minimum atomic E-state index is -3.67. The molecule has 5 rings (SSSR count). The van der Waals surface area contributed by atoms with Crippen molar-refractivity contribution in [2.75, 3.05) is 44.2 Å². The van der Waals surface area contributed by atoms with Crippen molar-refractivity contribution >= 4 is 33.2 Å². The lowest BCUT2D eigenvalue weighted by molar-refractivity contribution is -0.137. The molecule has 10 heteroatoms. The van der Waals surface area contributed by atoms with Gasteiger partial charge in [-0.2, -0.15) is 8.42 Å². The predicted octanol–water partition coefficient (Wildman–Crippen LogP) is 2.54. The number of likely N-dealkylation sites (tertiary alicyclic amines) is 1. The molecular formula is C25H27FN4O4S. The number of halogens is 1. The van der Waals surface area contributed by atoms with E-state index in [1.165, 1.54) is 13.0 Å². The van der Waals surface area contributed by atoms with Gasteiger partial charge in [0.15, 0.2) is 11.6 Å². The van der Waals surface area contributed by atoms with Crippen molar-refractivity contribution in [2.24, 2.45) is 10.3 Å². The maximum atomic E-state index is 14.5. The number of ketones is 1. The first-order chi connectivity index (χ1) is 16.7. The Morgan fingerprint density at radius 1 is 0.943 bits per heavy atom. The van der Waals surface area contributed by atoms with Crippen LogP contribution in [0.3, 0.4) is 0 Å². The van der Waals surface area contributed by atoms with E-state index in [1.54, 1.807) is 36.4 Å². The fourth-order valence-electron chi connectivity index (χ4n) is 5.06. The van der Waals surface area contributed by atoms with E-state index in [1.807, 2.05) is 14.7 Å². The molecule has 0 spiro atoms. The highest BCUT2D eigenvalue weighted by atomic mass is 32.2. The van der Waals surface area contributed by atoms with Crippen LogP contribution in [0.1, 0.15) is 35.7 Å². The molecule has 35 heavy (non-hydrogen) atoms. The molecule has 0 atom stereocenters. The Kier molecular flexibility index (Phi) is 6.08. The third kappa shape index (κ3) is 4.42. The molecule has 8 nitrogen and oxygen atoms in total. The normalized spacial score (nSPS) is 19.9. The molecule has 0 aliphatic carbocycles. The summed E-state index contributed by atoms with van der Waals surface area (Å²) in [5.74, 6) is -0.166. The molecule has 0 unspecified atom stereocenters. The van der Waals surface area contributed by atoms with Crippen molar-refractivity contribution < 1.29 is 22.4 Å². The Morgan fingerprint density at radius 3 is 2.29 bits per heavy atom. The molecule has 0 saturated carbocycles. The van der Waals surface area contributed by atoms with Gasteiger partial charge in [-0.25, -0.2) is 4.39 Å². The monoisotopic (exact) mass is 498 g/mol. The summed E-state index contributed by atoms with van der Waals surface area (Å²) in [5, 5.41) is 0. The Hall–Kier alpha value is -3.27. The molecule has 3 aliphatic heterocycles. The number of hydrogen-bond donors (Lipinski definition) is 0. The van der Waals surface area contributed by atoms with Crippen LogP contribution >= 0.6 is 0 Å². The molecule has 0 bridgehead atoms. The summed E-state index contributed by atoms with van der Waals surface area (Å²) in [7, 11) is -3.67. The number of nitrogens with zero attached hydrogens (tertiary/aromatic N) is 4. The van der Waals surface area contributed by atoms with E-state index in [0.717, 1.165) is 0 Å². The van der Waals surface area contributed by atoms with E-state index in [0.29, 0.717) is 74.8 Å². The molecular weight excluding hydrogens is 471 g/mol. The van der Waals surface area contributed by atoms with Crippen LogP contribution in [0.25, 0.3) is 0 Å². The Labute approximate surface area is 204 Å². The van der Waals surface area contributed by atoms with E-state index in [4.69, 9.17) is 0 Å². The van der Waals surface area contributed by atoms with Gasteiger partial charge < -0.3 is 14.7 Å². The largest absolute Gasteiger partial charge is 0.366 e. The highest BCUT2D eigenvalue weighted by Crippen LogP contribution is 2.30. The molecule has 0 aromatic heterocycles. The third-order valence-electron chi connectivity index (χ3n) is 7.04. The fraction of sp³-hybridized carbons (Fsp3) is 0.400. The molecule has 3 heterocycles.